The van der Waals surface area contributed by atoms with E-state index in [0.29, 0.717) is 12.2 Å². The van der Waals surface area contributed by atoms with Gasteiger partial charge in [0.1, 0.15) is 0 Å². The number of hydrogen-bond acceptors (Lipinski definition) is 4. The summed E-state index contributed by atoms with van der Waals surface area (Å²) in [4.78, 5) is 21.8. The van der Waals surface area contributed by atoms with Crippen molar-refractivity contribution in [2.24, 2.45) is 5.92 Å². The Labute approximate surface area is 169 Å². The molecule has 0 saturated carbocycles. The molecule has 0 unspecified atom stereocenters. The minimum Gasteiger partial charge on any atom is -0.478 e. The SMILES string of the molecule is CC(C)CN(Cc1cccc(Br)c1)C1CCNCC1.O=C(O)/C=C/C(=O)O. The molecule has 1 aliphatic rings. The fourth-order valence-electron chi connectivity index (χ4n) is 3.00. The predicted octanol–water partition coefficient (Wildman–Crippen LogP) is 3.37. The van der Waals surface area contributed by atoms with Crippen LogP contribution >= 0.6 is 15.9 Å². The Morgan fingerprint density at radius 3 is 2.30 bits per heavy atom. The molecule has 0 spiro atoms. The first-order valence-corrected chi connectivity index (χ1v) is 9.90. The van der Waals surface area contributed by atoms with Gasteiger partial charge in [0.25, 0.3) is 0 Å². The first kappa shape index (κ1) is 23.3. The van der Waals surface area contributed by atoms with Crippen LogP contribution in [0.3, 0.4) is 0 Å². The first-order valence-electron chi connectivity index (χ1n) is 9.11. The molecule has 1 fully saturated rings. The molecule has 0 aromatic heterocycles. The molecule has 6 nitrogen and oxygen atoms in total. The van der Waals surface area contributed by atoms with E-state index in [1.807, 2.05) is 0 Å². The summed E-state index contributed by atoms with van der Waals surface area (Å²) < 4.78 is 1.18. The van der Waals surface area contributed by atoms with E-state index >= 15 is 0 Å². The summed E-state index contributed by atoms with van der Waals surface area (Å²) in [6, 6.07) is 9.45. The maximum atomic E-state index is 9.55. The fourth-order valence-corrected chi connectivity index (χ4v) is 3.44. The Morgan fingerprint density at radius 1 is 1.22 bits per heavy atom. The highest BCUT2D eigenvalue weighted by Gasteiger charge is 2.21. The number of aliphatic carboxylic acids is 2. The Bertz CT molecular complexity index is 612. The minimum atomic E-state index is -1.26. The Hall–Kier alpha value is -1.70. The van der Waals surface area contributed by atoms with E-state index in [1.54, 1.807) is 0 Å². The van der Waals surface area contributed by atoms with Gasteiger partial charge < -0.3 is 15.5 Å². The Kier molecular flexibility index (Phi) is 10.9. The van der Waals surface area contributed by atoms with Crippen molar-refractivity contribution >= 4 is 27.9 Å². The van der Waals surface area contributed by atoms with Crippen molar-refractivity contribution in [2.45, 2.75) is 39.3 Å². The molecule has 3 N–H and O–H groups in total. The number of piperidine rings is 1. The molecule has 0 amide bonds. The number of nitrogens with zero attached hydrogens (tertiary/aromatic N) is 1. The zero-order valence-electron chi connectivity index (χ0n) is 15.9. The lowest BCUT2D eigenvalue weighted by Crippen LogP contribution is -2.44. The number of hydrogen-bond donors (Lipinski definition) is 3. The third kappa shape index (κ3) is 10.9. The maximum Gasteiger partial charge on any atom is 0.328 e. The standard InChI is InChI=1S/C16H25BrN2.C4H4O4/c1-13(2)11-19(16-6-8-18-9-7-16)12-14-4-3-5-15(17)10-14;5-3(6)1-2-4(7)8/h3-5,10,13,16,18H,6-9,11-12H2,1-2H3;1-2H,(H,5,6)(H,7,8)/b;2-1+. The van der Waals surface area contributed by atoms with Gasteiger partial charge in [-0.1, -0.05) is 41.9 Å². The summed E-state index contributed by atoms with van der Waals surface area (Å²) in [7, 11) is 0. The fraction of sp³-hybridized carbons (Fsp3) is 0.500. The molecule has 0 bridgehead atoms. The van der Waals surface area contributed by atoms with Crippen molar-refractivity contribution in [3.63, 3.8) is 0 Å². The average molecular weight is 441 g/mol. The van der Waals surface area contributed by atoms with Crippen molar-refractivity contribution in [1.29, 1.82) is 0 Å². The molecule has 150 valence electrons. The zero-order valence-corrected chi connectivity index (χ0v) is 17.5. The van der Waals surface area contributed by atoms with Crippen molar-refractivity contribution in [2.75, 3.05) is 19.6 Å². The van der Waals surface area contributed by atoms with Crippen molar-refractivity contribution in [3.8, 4) is 0 Å². The molecule has 1 heterocycles. The monoisotopic (exact) mass is 440 g/mol. The lowest BCUT2D eigenvalue weighted by Gasteiger charge is -2.35. The lowest BCUT2D eigenvalue weighted by molar-refractivity contribution is -0.134. The minimum absolute atomic E-state index is 0.558. The summed E-state index contributed by atoms with van der Waals surface area (Å²) in [5, 5.41) is 19.1. The van der Waals surface area contributed by atoms with Crippen LogP contribution in [0.15, 0.2) is 40.9 Å². The lowest BCUT2D eigenvalue weighted by atomic mass is 10.0. The van der Waals surface area contributed by atoms with E-state index in [2.05, 4.69) is 64.3 Å². The molecule has 0 atom stereocenters. The van der Waals surface area contributed by atoms with Gasteiger partial charge in [0.15, 0.2) is 0 Å². The van der Waals surface area contributed by atoms with Crippen LogP contribution in [-0.2, 0) is 16.1 Å². The Balaban J connectivity index is 0.000000387. The average Bonchev–Trinajstić information content (AvgIpc) is 2.60. The first-order chi connectivity index (χ1) is 12.8. The smallest absolute Gasteiger partial charge is 0.328 e. The number of nitrogens with one attached hydrogen (secondary N) is 1. The molecule has 7 heteroatoms. The van der Waals surface area contributed by atoms with E-state index in [4.69, 9.17) is 10.2 Å². The van der Waals surface area contributed by atoms with E-state index in [0.717, 1.165) is 31.6 Å². The maximum absolute atomic E-state index is 9.55. The van der Waals surface area contributed by atoms with Crippen LogP contribution in [0.4, 0.5) is 0 Å². The van der Waals surface area contributed by atoms with Gasteiger partial charge in [-0.2, -0.15) is 0 Å². The van der Waals surface area contributed by atoms with Gasteiger partial charge in [-0.3, -0.25) is 4.90 Å². The predicted molar refractivity (Wildman–Crippen MR) is 110 cm³/mol. The van der Waals surface area contributed by atoms with Gasteiger partial charge in [0.2, 0.25) is 0 Å². The van der Waals surface area contributed by atoms with E-state index in [-0.39, 0.29) is 0 Å². The van der Waals surface area contributed by atoms with Crippen molar-refractivity contribution < 1.29 is 19.8 Å². The summed E-state index contributed by atoms with van der Waals surface area (Å²) in [5.41, 5.74) is 1.41. The van der Waals surface area contributed by atoms with Gasteiger partial charge in [-0.15, -0.1) is 0 Å². The second kappa shape index (κ2) is 12.6. The van der Waals surface area contributed by atoms with Crippen LogP contribution in [-0.4, -0.2) is 52.7 Å². The van der Waals surface area contributed by atoms with Gasteiger partial charge in [0.05, 0.1) is 0 Å². The number of halogens is 1. The summed E-state index contributed by atoms with van der Waals surface area (Å²) >= 11 is 3.57. The van der Waals surface area contributed by atoms with Crippen molar-refractivity contribution in [1.82, 2.24) is 10.2 Å². The number of benzene rings is 1. The van der Waals surface area contributed by atoms with Crippen LogP contribution in [0.25, 0.3) is 0 Å². The van der Waals surface area contributed by atoms with Gasteiger partial charge in [-0.05, 0) is 49.5 Å². The highest BCUT2D eigenvalue weighted by atomic mass is 79.9. The molecule has 0 radical (unpaired) electrons. The molecular weight excluding hydrogens is 412 g/mol. The summed E-state index contributed by atoms with van der Waals surface area (Å²) in [5.74, 6) is -1.79. The van der Waals surface area contributed by atoms with E-state index in [9.17, 15) is 9.59 Å². The zero-order chi connectivity index (χ0) is 20.2. The highest BCUT2D eigenvalue weighted by molar-refractivity contribution is 9.10. The van der Waals surface area contributed by atoms with Crippen LogP contribution in [0.1, 0.15) is 32.3 Å². The number of rotatable bonds is 7. The topological polar surface area (TPSA) is 89.9 Å². The van der Waals surface area contributed by atoms with Crippen LogP contribution in [0.2, 0.25) is 0 Å². The van der Waals surface area contributed by atoms with Gasteiger partial charge in [0, 0.05) is 35.8 Å². The van der Waals surface area contributed by atoms with Crippen LogP contribution < -0.4 is 5.32 Å². The normalized spacial score (nSPS) is 15.0. The second-order valence-electron chi connectivity index (χ2n) is 6.94. The number of carboxylic acid groups (broad SMARTS) is 2. The molecular formula is C20H29BrN2O4. The number of carboxylic acids is 2. The molecule has 2 rings (SSSR count). The second-order valence-corrected chi connectivity index (χ2v) is 7.86. The summed E-state index contributed by atoms with van der Waals surface area (Å²) in [6.07, 6.45) is 3.67. The Morgan fingerprint density at radius 2 is 1.81 bits per heavy atom. The third-order valence-corrected chi connectivity index (χ3v) is 4.56. The molecule has 27 heavy (non-hydrogen) atoms. The molecule has 1 aromatic rings. The van der Waals surface area contributed by atoms with Crippen LogP contribution in [0, 0.1) is 5.92 Å². The van der Waals surface area contributed by atoms with Crippen LogP contribution in [0.5, 0.6) is 0 Å². The third-order valence-electron chi connectivity index (χ3n) is 4.07. The van der Waals surface area contributed by atoms with Crippen molar-refractivity contribution in [3.05, 3.63) is 46.5 Å². The molecule has 1 aromatic carbocycles. The molecule has 1 saturated heterocycles. The quantitative estimate of drug-likeness (QED) is 0.563. The molecule has 0 aliphatic carbocycles. The highest BCUT2D eigenvalue weighted by Crippen LogP contribution is 2.19. The largest absolute Gasteiger partial charge is 0.478 e. The van der Waals surface area contributed by atoms with E-state index in [1.165, 1.54) is 29.4 Å². The van der Waals surface area contributed by atoms with Gasteiger partial charge in [-0.25, -0.2) is 9.59 Å². The molecule has 1 aliphatic heterocycles. The number of carbonyl (C=O) groups is 2. The van der Waals surface area contributed by atoms with E-state index < -0.39 is 11.9 Å². The summed E-state index contributed by atoms with van der Waals surface area (Å²) in [6.45, 7) is 9.22. The van der Waals surface area contributed by atoms with Gasteiger partial charge >= 0.3 is 11.9 Å².